The summed E-state index contributed by atoms with van der Waals surface area (Å²) in [5.74, 6) is 0. The second-order valence-corrected chi connectivity index (χ2v) is 5.10. The minimum atomic E-state index is -3.65. The van der Waals surface area contributed by atoms with E-state index in [9.17, 15) is 13.2 Å². The van der Waals surface area contributed by atoms with E-state index in [1.165, 1.54) is 18.3 Å². The van der Waals surface area contributed by atoms with Crippen LogP contribution in [0.4, 0.5) is 4.79 Å². The molecule has 0 radical (unpaired) electrons. The van der Waals surface area contributed by atoms with Gasteiger partial charge in [0.1, 0.15) is 0 Å². The van der Waals surface area contributed by atoms with E-state index in [0.717, 1.165) is 5.56 Å². The Morgan fingerprint density at radius 1 is 1.33 bits per heavy atom. The van der Waals surface area contributed by atoms with E-state index in [1.807, 2.05) is 0 Å². The number of carbonyl (C=O) groups excluding carboxylic acids is 1. The van der Waals surface area contributed by atoms with Gasteiger partial charge in [-0.15, -0.1) is 0 Å². The number of hydrogen-bond donors (Lipinski definition) is 3. The van der Waals surface area contributed by atoms with Crippen LogP contribution in [0.5, 0.6) is 0 Å². The van der Waals surface area contributed by atoms with Crippen molar-refractivity contribution in [2.75, 3.05) is 6.54 Å². The summed E-state index contributed by atoms with van der Waals surface area (Å²) in [6, 6.07) is 5.87. The summed E-state index contributed by atoms with van der Waals surface area (Å²) >= 11 is 0. The molecule has 0 saturated heterocycles. The van der Waals surface area contributed by atoms with Crippen molar-refractivity contribution in [1.82, 2.24) is 10.6 Å². The number of hydrogen-bond acceptors (Lipinski definition) is 3. The van der Waals surface area contributed by atoms with E-state index in [0.29, 0.717) is 13.0 Å². The summed E-state index contributed by atoms with van der Waals surface area (Å²) in [6.07, 6.45) is 1.88. The fourth-order valence-electron chi connectivity index (χ4n) is 1.31. The Kier molecular flexibility index (Phi) is 4.87. The number of urea groups is 1. The van der Waals surface area contributed by atoms with Crippen molar-refractivity contribution in [1.29, 1.82) is 0 Å². The van der Waals surface area contributed by atoms with Gasteiger partial charge in [0.25, 0.3) is 0 Å². The third-order valence-electron chi connectivity index (χ3n) is 2.18. The van der Waals surface area contributed by atoms with Crippen LogP contribution in [0.1, 0.15) is 5.56 Å². The van der Waals surface area contributed by atoms with E-state index >= 15 is 0 Å². The smallest absolute Gasteiger partial charge is 0.318 e. The average molecular weight is 269 g/mol. The Hall–Kier alpha value is -1.86. The molecular formula is C11H15N3O3S. The number of nitrogens with one attached hydrogen (secondary N) is 2. The van der Waals surface area contributed by atoms with Gasteiger partial charge in [-0.1, -0.05) is 18.7 Å². The highest BCUT2D eigenvalue weighted by Crippen LogP contribution is 2.08. The molecule has 0 bridgehead atoms. The minimum Gasteiger partial charge on any atom is -0.338 e. The summed E-state index contributed by atoms with van der Waals surface area (Å²) in [7, 11) is -3.65. The summed E-state index contributed by atoms with van der Waals surface area (Å²) in [5, 5.41) is 9.97. The molecule has 0 heterocycles. The Labute approximate surface area is 106 Å². The van der Waals surface area contributed by atoms with Crippen molar-refractivity contribution in [3.63, 3.8) is 0 Å². The van der Waals surface area contributed by atoms with Crippen LogP contribution in [0.25, 0.3) is 0 Å². The van der Waals surface area contributed by atoms with Gasteiger partial charge in [-0.3, -0.25) is 0 Å². The zero-order valence-corrected chi connectivity index (χ0v) is 10.5. The summed E-state index contributed by atoms with van der Waals surface area (Å²) in [6.45, 7) is 3.80. The van der Waals surface area contributed by atoms with E-state index in [2.05, 4.69) is 17.2 Å². The van der Waals surface area contributed by atoms with Crippen LogP contribution in [-0.2, 0) is 16.4 Å². The number of carbonyl (C=O) groups is 1. The van der Waals surface area contributed by atoms with Gasteiger partial charge in [0.2, 0.25) is 10.0 Å². The van der Waals surface area contributed by atoms with Gasteiger partial charge in [0, 0.05) is 6.54 Å². The second kappa shape index (κ2) is 6.18. The first-order chi connectivity index (χ1) is 8.43. The molecule has 0 aliphatic heterocycles. The Morgan fingerprint density at radius 2 is 1.94 bits per heavy atom. The molecule has 0 fully saturated rings. The maximum atomic E-state index is 11.0. The van der Waals surface area contributed by atoms with Gasteiger partial charge in [0.15, 0.2) is 0 Å². The lowest BCUT2D eigenvalue weighted by atomic mass is 10.1. The molecule has 0 aromatic heterocycles. The van der Waals surface area contributed by atoms with Gasteiger partial charge >= 0.3 is 6.03 Å². The molecule has 18 heavy (non-hydrogen) atoms. The lowest BCUT2D eigenvalue weighted by molar-refractivity contribution is 0.244. The highest BCUT2D eigenvalue weighted by molar-refractivity contribution is 7.89. The number of sulfonamides is 1. The number of rotatable bonds is 5. The van der Waals surface area contributed by atoms with Crippen molar-refractivity contribution < 1.29 is 13.2 Å². The SMILES string of the molecule is C=CNC(=O)NCCc1ccc(S(N)(=O)=O)cc1. The van der Waals surface area contributed by atoms with E-state index in [-0.39, 0.29) is 10.9 Å². The summed E-state index contributed by atoms with van der Waals surface area (Å²) in [5.41, 5.74) is 0.904. The maximum absolute atomic E-state index is 11.0. The Morgan fingerprint density at radius 3 is 2.44 bits per heavy atom. The predicted octanol–water partition coefficient (Wildman–Crippen LogP) is 0.319. The number of benzene rings is 1. The van der Waals surface area contributed by atoms with Crippen LogP contribution in [-0.4, -0.2) is 21.0 Å². The topological polar surface area (TPSA) is 101 Å². The monoisotopic (exact) mass is 269 g/mol. The van der Waals surface area contributed by atoms with Gasteiger partial charge in [-0.2, -0.15) is 0 Å². The molecule has 6 nitrogen and oxygen atoms in total. The number of primary sulfonamides is 1. The van der Waals surface area contributed by atoms with Crippen molar-refractivity contribution in [2.24, 2.45) is 5.14 Å². The first kappa shape index (κ1) is 14.2. The van der Waals surface area contributed by atoms with E-state index in [1.54, 1.807) is 12.1 Å². The molecule has 2 amide bonds. The number of amides is 2. The third-order valence-corrected chi connectivity index (χ3v) is 3.11. The van der Waals surface area contributed by atoms with Crippen LogP contribution in [0, 0.1) is 0 Å². The van der Waals surface area contributed by atoms with Crippen molar-refractivity contribution >= 4 is 16.1 Å². The summed E-state index contributed by atoms with van der Waals surface area (Å²) < 4.78 is 22.0. The molecule has 1 rings (SSSR count). The largest absolute Gasteiger partial charge is 0.338 e. The fourth-order valence-corrected chi connectivity index (χ4v) is 1.83. The normalized spacial score (nSPS) is 10.7. The minimum absolute atomic E-state index is 0.0728. The molecule has 0 spiro atoms. The zero-order chi connectivity index (χ0) is 13.6. The van der Waals surface area contributed by atoms with Crippen LogP contribution >= 0.6 is 0 Å². The Bertz CT molecular complexity index is 523. The molecule has 0 unspecified atom stereocenters. The molecule has 98 valence electrons. The number of nitrogens with two attached hydrogens (primary N) is 1. The maximum Gasteiger partial charge on any atom is 0.318 e. The highest BCUT2D eigenvalue weighted by Gasteiger charge is 2.06. The van der Waals surface area contributed by atoms with Crippen LogP contribution in [0.2, 0.25) is 0 Å². The van der Waals surface area contributed by atoms with Crippen molar-refractivity contribution in [3.8, 4) is 0 Å². The van der Waals surface area contributed by atoms with Gasteiger partial charge < -0.3 is 10.6 Å². The fraction of sp³-hybridized carbons (Fsp3) is 0.182. The Balaban J connectivity index is 2.50. The van der Waals surface area contributed by atoms with E-state index < -0.39 is 10.0 Å². The lowest BCUT2D eigenvalue weighted by Crippen LogP contribution is -2.33. The molecule has 0 aliphatic rings. The molecule has 4 N–H and O–H groups in total. The van der Waals surface area contributed by atoms with Crippen molar-refractivity contribution in [2.45, 2.75) is 11.3 Å². The van der Waals surface area contributed by atoms with Gasteiger partial charge in [0.05, 0.1) is 4.90 Å². The van der Waals surface area contributed by atoms with Crippen LogP contribution in [0.3, 0.4) is 0 Å². The molecular weight excluding hydrogens is 254 g/mol. The molecule has 0 atom stereocenters. The lowest BCUT2D eigenvalue weighted by Gasteiger charge is -2.05. The quantitative estimate of drug-likeness (QED) is 0.717. The molecule has 1 aromatic carbocycles. The van der Waals surface area contributed by atoms with Gasteiger partial charge in [-0.05, 0) is 30.3 Å². The standard InChI is InChI=1S/C11H15N3O3S/c1-2-13-11(15)14-8-7-9-3-5-10(6-4-9)18(12,16)17/h2-6H,1,7-8H2,(H2,12,16,17)(H2,13,14,15). The molecule has 0 saturated carbocycles. The second-order valence-electron chi connectivity index (χ2n) is 3.54. The van der Waals surface area contributed by atoms with Crippen LogP contribution in [0.15, 0.2) is 41.9 Å². The third kappa shape index (κ3) is 4.56. The first-order valence-electron chi connectivity index (χ1n) is 5.20. The molecule has 7 heteroatoms. The predicted molar refractivity (Wildman–Crippen MR) is 68.3 cm³/mol. The van der Waals surface area contributed by atoms with Crippen molar-refractivity contribution in [3.05, 3.63) is 42.6 Å². The summed E-state index contributed by atoms with van der Waals surface area (Å²) in [4.78, 5) is 11.1. The highest BCUT2D eigenvalue weighted by atomic mass is 32.2. The zero-order valence-electron chi connectivity index (χ0n) is 9.72. The average Bonchev–Trinajstić information content (AvgIpc) is 2.29. The first-order valence-corrected chi connectivity index (χ1v) is 6.75. The molecule has 0 aliphatic carbocycles. The van der Waals surface area contributed by atoms with Gasteiger partial charge in [-0.25, -0.2) is 18.4 Å². The van der Waals surface area contributed by atoms with E-state index in [4.69, 9.17) is 5.14 Å². The van der Waals surface area contributed by atoms with Crippen LogP contribution < -0.4 is 15.8 Å². The molecule has 1 aromatic rings.